The molecule has 0 saturated heterocycles. The molecule has 62 valence electrons. The van der Waals surface area contributed by atoms with Crippen LogP contribution in [0.15, 0.2) is 22.0 Å². The van der Waals surface area contributed by atoms with Crippen LogP contribution in [-0.2, 0) is 0 Å². The van der Waals surface area contributed by atoms with E-state index in [0.717, 1.165) is 0 Å². The van der Waals surface area contributed by atoms with Gasteiger partial charge in [-0.05, 0) is 47.2 Å². The third kappa shape index (κ3) is 1.42. The van der Waals surface area contributed by atoms with Crippen molar-refractivity contribution < 1.29 is 0 Å². The Bertz CT molecular complexity index is 433. The maximum atomic E-state index is 3.54. The third-order valence-corrected chi connectivity index (χ3v) is 4.92. The van der Waals surface area contributed by atoms with Gasteiger partial charge in [0.2, 0.25) is 0 Å². The second-order valence-corrected chi connectivity index (χ2v) is 5.61. The monoisotopic (exact) mass is 352 g/mol. The normalized spacial score (nSPS) is 10.9. The number of aryl methyl sites for hydroxylation is 1. The van der Waals surface area contributed by atoms with Crippen molar-refractivity contribution in [2.45, 2.75) is 6.92 Å². The van der Waals surface area contributed by atoms with Gasteiger partial charge < -0.3 is 0 Å². The molecule has 2 rings (SSSR count). The van der Waals surface area contributed by atoms with Gasteiger partial charge in [0, 0.05) is 23.5 Å². The number of halogens is 2. The summed E-state index contributed by atoms with van der Waals surface area (Å²) in [4.78, 5) is 0. The summed E-state index contributed by atoms with van der Waals surface area (Å²) >= 11 is 7.72. The number of hydrogen-bond donors (Lipinski definition) is 0. The van der Waals surface area contributed by atoms with E-state index in [0.29, 0.717) is 0 Å². The van der Waals surface area contributed by atoms with Crippen molar-refractivity contribution in [2.75, 3.05) is 0 Å². The van der Waals surface area contributed by atoms with E-state index < -0.39 is 0 Å². The van der Waals surface area contributed by atoms with Gasteiger partial charge in [-0.15, -0.1) is 11.3 Å². The van der Waals surface area contributed by atoms with E-state index >= 15 is 0 Å². The van der Waals surface area contributed by atoms with E-state index in [1.165, 1.54) is 23.7 Å². The molecule has 0 spiro atoms. The number of thiophene rings is 1. The van der Waals surface area contributed by atoms with Gasteiger partial charge in [0.15, 0.2) is 0 Å². The van der Waals surface area contributed by atoms with E-state index in [4.69, 9.17) is 0 Å². The third-order valence-electron chi connectivity index (χ3n) is 1.81. The number of rotatable bonds is 0. The van der Waals surface area contributed by atoms with Gasteiger partial charge in [-0.25, -0.2) is 0 Å². The van der Waals surface area contributed by atoms with Gasteiger partial charge in [-0.1, -0.05) is 15.9 Å². The molecule has 1 aromatic carbocycles. The molecule has 0 aliphatic rings. The molecule has 0 N–H and O–H groups in total. The second-order valence-electron chi connectivity index (χ2n) is 2.68. The molecule has 12 heavy (non-hydrogen) atoms. The first-order chi connectivity index (χ1) is 5.68. The minimum atomic E-state index is 1.20. The summed E-state index contributed by atoms with van der Waals surface area (Å²) < 4.78 is 3.92. The minimum absolute atomic E-state index is 1.20. The zero-order valence-electron chi connectivity index (χ0n) is 6.40. The highest BCUT2D eigenvalue weighted by atomic mass is 127. The van der Waals surface area contributed by atoms with Crippen LogP contribution >= 0.6 is 49.9 Å². The Morgan fingerprint density at radius 2 is 2.17 bits per heavy atom. The van der Waals surface area contributed by atoms with Crippen LogP contribution in [0.5, 0.6) is 0 Å². The number of hydrogen-bond acceptors (Lipinski definition) is 1. The smallest absolute Gasteiger partial charge is 0.0357 e. The molecule has 0 fully saturated rings. The highest BCUT2D eigenvalue weighted by Crippen LogP contribution is 2.31. The van der Waals surface area contributed by atoms with Crippen molar-refractivity contribution in [3.63, 3.8) is 0 Å². The van der Waals surface area contributed by atoms with Crippen molar-refractivity contribution in [1.29, 1.82) is 0 Å². The Kier molecular flexibility index (Phi) is 2.44. The lowest BCUT2D eigenvalue weighted by Crippen LogP contribution is -1.74. The molecule has 0 nitrogen and oxygen atoms in total. The highest BCUT2D eigenvalue weighted by Gasteiger charge is 2.03. The van der Waals surface area contributed by atoms with Crippen molar-refractivity contribution in [1.82, 2.24) is 0 Å². The second kappa shape index (κ2) is 3.27. The van der Waals surface area contributed by atoms with E-state index in [9.17, 15) is 0 Å². The van der Waals surface area contributed by atoms with Crippen molar-refractivity contribution in [3.8, 4) is 0 Å². The lowest BCUT2D eigenvalue weighted by molar-refractivity contribution is 1.47. The largest absolute Gasteiger partial charge is 0.143 e. The molecule has 1 aromatic heterocycles. The van der Waals surface area contributed by atoms with Crippen molar-refractivity contribution >= 4 is 59.9 Å². The molecule has 0 bridgehead atoms. The van der Waals surface area contributed by atoms with Crippen LogP contribution < -0.4 is 0 Å². The summed E-state index contributed by atoms with van der Waals surface area (Å²) in [6, 6.07) is 4.43. The molecular formula is C9H6BrIS. The summed E-state index contributed by atoms with van der Waals surface area (Å²) in [6.45, 7) is 2.12. The van der Waals surface area contributed by atoms with Crippen LogP contribution in [0.25, 0.3) is 10.1 Å². The fourth-order valence-electron chi connectivity index (χ4n) is 1.12. The Hall–Kier alpha value is 0.390. The van der Waals surface area contributed by atoms with Gasteiger partial charge in [-0.3, -0.25) is 0 Å². The van der Waals surface area contributed by atoms with Crippen LogP contribution in [0.1, 0.15) is 5.56 Å². The Morgan fingerprint density at radius 1 is 1.42 bits per heavy atom. The molecule has 0 saturated carbocycles. The SMILES string of the molecule is Cc1cc2scc(I)c2cc1Br. The summed E-state index contributed by atoms with van der Waals surface area (Å²) in [5.74, 6) is 0. The first-order valence-electron chi connectivity index (χ1n) is 3.51. The topological polar surface area (TPSA) is 0 Å². The highest BCUT2D eigenvalue weighted by molar-refractivity contribution is 14.1. The maximum Gasteiger partial charge on any atom is 0.0357 e. The predicted molar refractivity (Wildman–Crippen MR) is 67.0 cm³/mol. The fraction of sp³-hybridized carbons (Fsp3) is 0.111. The fourth-order valence-corrected chi connectivity index (χ4v) is 3.37. The predicted octanol–water partition coefficient (Wildman–Crippen LogP) is 4.58. The van der Waals surface area contributed by atoms with Crippen LogP contribution in [0.2, 0.25) is 0 Å². The van der Waals surface area contributed by atoms with E-state index in [-0.39, 0.29) is 0 Å². The quantitative estimate of drug-likeness (QED) is 0.609. The molecule has 0 amide bonds. The average Bonchev–Trinajstić information content (AvgIpc) is 2.35. The molecule has 3 heteroatoms. The van der Waals surface area contributed by atoms with Crippen LogP contribution in [-0.4, -0.2) is 0 Å². The zero-order chi connectivity index (χ0) is 8.72. The Labute approximate surface area is 97.2 Å². The zero-order valence-corrected chi connectivity index (χ0v) is 11.0. The maximum absolute atomic E-state index is 3.54. The summed E-state index contributed by atoms with van der Waals surface area (Å²) in [7, 11) is 0. The Balaban J connectivity index is 2.87. The molecule has 2 aromatic rings. The molecule has 0 aliphatic heterocycles. The lowest BCUT2D eigenvalue weighted by Gasteiger charge is -1.97. The van der Waals surface area contributed by atoms with Crippen LogP contribution in [0.4, 0.5) is 0 Å². The molecule has 1 heterocycles. The number of benzene rings is 1. The molecular weight excluding hydrogens is 347 g/mol. The standard InChI is InChI=1S/C9H6BrIS/c1-5-2-9-6(3-7(5)10)8(11)4-12-9/h2-4H,1H3. The van der Waals surface area contributed by atoms with Crippen LogP contribution in [0, 0.1) is 10.5 Å². The molecule has 0 atom stereocenters. The molecule has 0 aliphatic carbocycles. The summed E-state index contributed by atoms with van der Waals surface area (Å²) in [6.07, 6.45) is 0. The van der Waals surface area contributed by atoms with Gasteiger partial charge >= 0.3 is 0 Å². The first-order valence-corrected chi connectivity index (χ1v) is 6.26. The van der Waals surface area contributed by atoms with Crippen molar-refractivity contribution in [3.05, 3.63) is 31.1 Å². The van der Waals surface area contributed by atoms with E-state index in [1.807, 2.05) is 11.3 Å². The lowest BCUT2D eigenvalue weighted by atomic mass is 10.2. The molecule has 0 unspecified atom stereocenters. The van der Waals surface area contributed by atoms with Crippen molar-refractivity contribution in [2.24, 2.45) is 0 Å². The van der Waals surface area contributed by atoms with Gasteiger partial charge in [0.25, 0.3) is 0 Å². The van der Waals surface area contributed by atoms with E-state index in [2.05, 4.69) is 63.0 Å². The minimum Gasteiger partial charge on any atom is -0.143 e. The van der Waals surface area contributed by atoms with Gasteiger partial charge in [0.1, 0.15) is 0 Å². The van der Waals surface area contributed by atoms with E-state index in [1.54, 1.807) is 0 Å². The number of fused-ring (bicyclic) bond motifs is 1. The first kappa shape index (κ1) is 8.97. The average molecular weight is 353 g/mol. The summed E-state index contributed by atoms with van der Waals surface area (Å²) in [5, 5.41) is 3.55. The van der Waals surface area contributed by atoms with Gasteiger partial charge in [0.05, 0.1) is 0 Å². The van der Waals surface area contributed by atoms with Gasteiger partial charge in [-0.2, -0.15) is 0 Å². The Morgan fingerprint density at radius 3 is 2.92 bits per heavy atom. The molecule has 0 radical (unpaired) electrons. The van der Waals surface area contributed by atoms with Crippen LogP contribution in [0.3, 0.4) is 0 Å². The summed E-state index contributed by atoms with van der Waals surface area (Å²) in [5.41, 5.74) is 1.31.